The quantitative estimate of drug-likeness (QED) is 0.340. The van der Waals surface area contributed by atoms with Crippen LogP contribution in [0, 0.1) is 18.6 Å². The monoisotopic (exact) mass is 533 g/mol. The number of aryl methyl sites for hydroxylation is 1. The van der Waals surface area contributed by atoms with E-state index in [-0.39, 0.29) is 24.0 Å². The van der Waals surface area contributed by atoms with Crippen LogP contribution in [0.25, 0.3) is 0 Å². The first-order chi connectivity index (χ1) is 14.0. The number of nitrogens with zero attached hydrogens (tertiary/aromatic N) is 5. The summed E-state index contributed by atoms with van der Waals surface area (Å²) in [5.74, 6) is 0.863. The van der Waals surface area contributed by atoms with Gasteiger partial charge in [-0.15, -0.1) is 34.2 Å². The number of likely N-dealkylation sites (tertiary alicyclic amines) is 1. The largest absolute Gasteiger partial charge is 0.357 e. The van der Waals surface area contributed by atoms with Crippen LogP contribution >= 0.6 is 24.0 Å². The highest BCUT2D eigenvalue weighted by Crippen LogP contribution is 2.16. The average Bonchev–Trinajstić information content (AvgIpc) is 3.02. The summed E-state index contributed by atoms with van der Waals surface area (Å²) in [6.45, 7) is 7.59. The van der Waals surface area contributed by atoms with Crippen molar-refractivity contribution in [2.24, 2.45) is 12.0 Å². The van der Waals surface area contributed by atoms with Crippen LogP contribution in [0.1, 0.15) is 37.0 Å². The number of aromatic nitrogens is 3. The van der Waals surface area contributed by atoms with E-state index in [2.05, 4.69) is 30.7 Å². The summed E-state index contributed by atoms with van der Waals surface area (Å²) in [4.78, 5) is 6.90. The summed E-state index contributed by atoms with van der Waals surface area (Å²) in [5, 5.41) is 15.0. The van der Waals surface area contributed by atoms with Gasteiger partial charge < -0.3 is 15.2 Å². The van der Waals surface area contributed by atoms with Gasteiger partial charge in [0.05, 0.1) is 0 Å². The maximum Gasteiger partial charge on any atom is 0.191 e. The van der Waals surface area contributed by atoms with Gasteiger partial charge in [0.15, 0.2) is 23.4 Å². The van der Waals surface area contributed by atoms with Crippen LogP contribution in [0.2, 0.25) is 0 Å². The number of rotatable bonds is 6. The van der Waals surface area contributed by atoms with Crippen LogP contribution < -0.4 is 10.6 Å². The SMILES string of the molecule is CCNC(=NCc1nnc(C)n1C)NC1CCN(Cc2ccc(F)c(F)c2)CC1.I. The van der Waals surface area contributed by atoms with E-state index in [0.29, 0.717) is 19.1 Å². The van der Waals surface area contributed by atoms with E-state index in [9.17, 15) is 8.78 Å². The second kappa shape index (κ2) is 11.5. The molecule has 1 aromatic heterocycles. The topological polar surface area (TPSA) is 70.4 Å². The molecule has 0 aliphatic carbocycles. The normalized spacial score (nSPS) is 15.7. The summed E-state index contributed by atoms with van der Waals surface area (Å²) >= 11 is 0. The number of aliphatic imine (C=N–C) groups is 1. The van der Waals surface area contributed by atoms with Crippen molar-refractivity contribution in [2.45, 2.75) is 45.8 Å². The van der Waals surface area contributed by atoms with Crippen LogP contribution in [0.5, 0.6) is 0 Å². The smallest absolute Gasteiger partial charge is 0.191 e. The van der Waals surface area contributed by atoms with Crippen molar-refractivity contribution in [3.05, 3.63) is 47.0 Å². The molecule has 0 amide bonds. The van der Waals surface area contributed by atoms with Crippen molar-refractivity contribution in [1.82, 2.24) is 30.3 Å². The zero-order chi connectivity index (χ0) is 20.8. The Morgan fingerprint density at radius 2 is 1.93 bits per heavy atom. The summed E-state index contributed by atoms with van der Waals surface area (Å²) in [7, 11) is 1.93. The molecule has 2 heterocycles. The molecule has 166 valence electrons. The van der Waals surface area contributed by atoms with Crippen molar-refractivity contribution in [3.63, 3.8) is 0 Å². The maximum atomic E-state index is 13.4. The predicted molar refractivity (Wildman–Crippen MR) is 124 cm³/mol. The van der Waals surface area contributed by atoms with E-state index in [1.54, 1.807) is 6.07 Å². The predicted octanol–water partition coefficient (Wildman–Crippen LogP) is 2.74. The third kappa shape index (κ3) is 6.59. The number of halogens is 3. The molecule has 1 saturated heterocycles. The summed E-state index contributed by atoms with van der Waals surface area (Å²) in [6, 6.07) is 4.43. The molecule has 30 heavy (non-hydrogen) atoms. The van der Waals surface area contributed by atoms with Gasteiger partial charge in [-0.25, -0.2) is 13.8 Å². The van der Waals surface area contributed by atoms with Gasteiger partial charge in [0, 0.05) is 39.3 Å². The maximum absolute atomic E-state index is 13.4. The number of benzene rings is 1. The molecule has 1 fully saturated rings. The Balaban J connectivity index is 0.00000320. The minimum Gasteiger partial charge on any atom is -0.357 e. The first-order valence-corrected chi connectivity index (χ1v) is 10.0. The highest BCUT2D eigenvalue weighted by molar-refractivity contribution is 14.0. The fourth-order valence-electron chi connectivity index (χ4n) is 3.38. The molecule has 0 spiro atoms. The first-order valence-electron chi connectivity index (χ1n) is 10.0. The minimum atomic E-state index is -0.802. The molecular weight excluding hydrogens is 503 g/mol. The molecule has 0 atom stereocenters. The Bertz CT molecular complexity index is 848. The molecule has 1 aliphatic heterocycles. The lowest BCUT2D eigenvalue weighted by Gasteiger charge is -2.33. The molecule has 0 radical (unpaired) electrons. The van der Waals surface area contributed by atoms with Gasteiger partial charge in [0.2, 0.25) is 0 Å². The summed E-state index contributed by atoms with van der Waals surface area (Å²) in [6.07, 6.45) is 1.91. The molecule has 1 aliphatic rings. The highest BCUT2D eigenvalue weighted by atomic mass is 127. The number of hydrogen-bond acceptors (Lipinski definition) is 4. The van der Waals surface area contributed by atoms with Crippen molar-refractivity contribution < 1.29 is 8.78 Å². The third-order valence-corrected chi connectivity index (χ3v) is 5.22. The molecule has 0 bridgehead atoms. The Labute approximate surface area is 193 Å². The van der Waals surface area contributed by atoms with Crippen molar-refractivity contribution >= 4 is 29.9 Å². The van der Waals surface area contributed by atoms with Crippen LogP contribution in [0.3, 0.4) is 0 Å². The van der Waals surface area contributed by atoms with E-state index in [1.165, 1.54) is 12.1 Å². The van der Waals surface area contributed by atoms with Gasteiger partial charge in [-0.2, -0.15) is 0 Å². The van der Waals surface area contributed by atoms with Gasteiger partial charge in [-0.3, -0.25) is 4.90 Å². The van der Waals surface area contributed by atoms with Gasteiger partial charge in [-0.1, -0.05) is 6.07 Å². The Morgan fingerprint density at radius 3 is 2.53 bits per heavy atom. The lowest BCUT2D eigenvalue weighted by molar-refractivity contribution is 0.198. The number of hydrogen-bond donors (Lipinski definition) is 2. The average molecular weight is 533 g/mol. The zero-order valence-corrected chi connectivity index (χ0v) is 20.0. The Hall–Kier alpha value is -1.82. The number of nitrogens with one attached hydrogen (secondary N) is 2. The molecule has 3 rings (SSSR count). The van der Waals surface area contributed by atoms with E-state index >= 15 is 0 Å². The summed E-state index contributed by atoms with van der Waals surface area (Å²) < 4.78 is 28.4. The second-order valence-corrected chi connectivity index (χ2v) is 7.36. The molecule has 2 N–H and O–H groups in total. The highest BCUT2D eigenvalue weighted by Gasteiger charge is 2.20. The Kier molecular flexibility index (Phi) is 9.40. The fraction of sp³-hybridized carbons (Fsp3) is 0.550. The molecule has 0 unspecified atom stereocenters. The Morgan fingerprint density at radius 1 is 1.20 bits per heavy atom. The van der Waals surface area contributed by atoms with Crippen molar-refractivity contribution in [2.75, 3.05) is 19.6 Å². The van der Waals surface area contributed by atoms with Crippen molar-refractivity contribution in [1.29, 1.82) is 0 Å². The van der Waals surface area contributed by atoms with Gasteiger partial charge in [0.25, 0.3) is 0 Å². The first kappa shape index (κ1) is 24.4. The molecule has 2 aromatic rings. The van der Waals surface area contributed by atoms with Gasteiger partial charge in [-0.05, 0) is 44.4 Å². The van der Waals surface area contributed by atoms with Crippen LogP contribution in [0.15, 0.2) is 23.2 Å². The van der Waals surface area contributed by atoms with Gasteiger partial charge in [0.1, 0.15) is 12.4 Å². The zero-order valence-electron chi connectivity index (χ0n) is 17.7. The van der Waals surface area contributed by atoms with E-state index in [1.807, 2.05) is 25.5 Å². The van der Waals surface area contributed by atoms with Crippen molar-refractivity contribution in [3.8, 4) is 0 Å². The van der Waals surface area contributed by atoms with E-state index in [4.69, 9.17) is 0 Å². The lowest BCUT2D eigenvalue weighted by Crippen LogP contribution is -2.48. The van der Waals surface area contributed by atoms with Crippen LogP contribution in [0.4, 0.5) is 8.78 Å². The van der Waals surface area contributed by atoms with Crippen LogP contribution in [-0.2, 0) is 20.1 Å². The molecular formula is C20H30F2IN7. The standard InChI is InChI=1S/C20H29F2N7.HI/c1-4-23-20(24-12-19-27-26-14(2)28(19)3)25-16-7-9-29(10-8-16)13-15-5-6-17(21)18(22)11-15;/h5-6,11,16H,4,7-10,12-13H2,1-3H3,(H2,23,24,25);1H. The van der Waals surface area contributed by atoms with Gasteiger partial charge >= 0.3 is 0 Å². The number of piperidine rings is 1. The summed E-state index contributed by atoms with van der Waals surface area (Å²) in [5.41, 5.74) is 0.796. The molecule has 1 aromatic carbocycles. The van der Waals surface area contributed by atoms with Crippen LogP contribution in [-0.4, -0.2) is 51.3 Å². The molecule has 7 nitrogen and oxygen atoms in total. The third-order valence-electron chi connectivity index (χ3n) is 5.22. The second-order valence-electron chi connectivity index (χ2n) is 7.36. The molecule has 10 heteroatoms. The lowest BCUT2D eigenvalue weighted by atomic mass is 10.0. The fourth-order valence-corrected chi connectivity index (χ4v) is 3.38. The van der Waals surface area contributed by atoms with E-state index in [0.717, 1.165) is 55.6 Å². The minimum absolute atomic E-state index is 0. The molecule has 0 saturated carbocycles. The van der Waals surface area contributed by atoms with E-state index < -0.39 is 11.6 Å². The number of guanidine groups is 1.